The molecule has 188 valence electrons. The van der Waals surface area contributed by atoms with Crippen LogP contribution in [0.15, 0.2) is 52.4 Å². The van der Waals surface area contributed by atoms with E-state index in [4.69, 9.17) is 9.47 Å². The molecule has 1 amide bonds. The average Bonchev–Trinajstić information content (AvgIpc) is 3.23. The number of thioether (sulfide) groups is 1. The maximum absolute atomic E-state index is 13.2. The van der Waals surface area contributed by atoms with E-state index in [0.29, 0.717) is 29.9 Å². The summed E-state index contributed by atoms with van der Waals surface area (Å²) < 4.78 is 41.3. The Morgan fingerprint density at radius 1 is 1.14 bits per heavy atom. The van der Waals surface area contributed by atoms with E-state index in [2.05, 4.69) is 9.56 Å². The normalized spacial score (nSPS) is 17.6. The summed E-state index contributed by atoms with van der Waals surface area (Å²) in [5.74, 6) is 1.46. The Bertz CT molecular complexity index is 1360. The van der Waals surface area contributed by atoms with E-state index in [1.807, 2.05) is 24.5 Å². The predicted octanol–water partition coefficient (Wildman–Crippen LogP) is 3.61. The van der Waals surface area contributed by atoms with Crippen molar-refractivity contribution in [3.8, 4) is 11.5 Å². The number of hydrogen-bond donors (Lipinski definition) is 0. The zero-order chi connectivity index (χ0) is 25.0. The molecule has 8 nitrogen and oxygen atoms in total. The van der Waals surface area contributed by atoms with Crippen molar-refractivity contribution in [3.05, 3.63) is 47.3 Å². The number of carbonyl (C=O) groups excluding carboxylic acids is 1. The van der Waals surface area contributed by atoms with Crippen molar-refractivity contribution in [2.75, 3.05) is 39.3 Å². The predicted molar refractivity (Wildman–Crippen MR) is 140 cm³/mol. The molecular weight excluding hydrogens is 506 g/mol. The number of ether oxygens (including phenoxy) is 2. The monoisotopic (exact) mass is 535 g/mol. The molecule has 0 radical (unpaired) electrons. The van der Waals surface area contributed by atoms with Crippen molar-refractivity contribution in [1.82, 2.24) is 8.87 Å². The summed E-state index contributed by atoms with van der Waals surface area (Å²) in [5, 5.41) is 0. The summed E-state index contributed by atoms with van der Waals surface area (Å²) in [6.45, 7) is 1.23. The van der Waals surface area contributed by atoms with Gasteiger partial charge in [0.25, 0.3) is 5.91 Å². The fourth-order valence-corrected chi connectivity index (χ4v) is 7.09. The van der Waals surface area contributed by atoms with Gasteiger partial charge in [0.05, 0.1) is 35.2 Å². The number of amides is 1. The Balaban J connectivity index is 1.61. The molecule has 0 saturated carbocycles. The summed E-state index contributed by atoms with van der Waals surface area (Å²) >= 11 is 3.17. The Morgan fingerprint density at radius 2 is 1.86 bits per heavy atom. The Kier molecular flexibility index (Phi) is 8.20. The Morgan fingerprint density at radius 3 is 2.54 bits per heavy atom. The van der Waals surface area contributed by atoms with Crippen LogP contribution >= 0.6 is 23.1 Å². The van der Waals surface area contributed by atoms with Crippen molar-refractivity contribution in [1.29, 1.82) is 0 Å². The third kappa shape index (κ3) is 5.58. The number of hydrogen-bond acceptors (Lipinski definition) is 7. The summed E-state index contributed by atoms with van der Waals surface area (Å²) in [7, 11) is -0.551. The van der Waals surface area contributed by atoms with E-state index in [1.54, 1.807) is 31.0 Å². The quantitative estimate of drug-likeness (QED) is 0.438. The van der Waals surface area contributed by atoms with E-state index in [9.17, 15) is 13.2 Å². The third-order valence-electron chi connectivity index (χ3n) is 6.05. The van der Waals surface area contributed by atoms with E-state index >= 15 is 0 Å². The minimum atomic E-state index is -3.71. The molecule has 2 aromatic carbocycles. The highest BCUT2D eigenvalue weighted by atomic mass is 32.2. The number of sulfonamides is 1. The molecule has 2 heterocycles. The summed E-state index contributed by atoms with van der Waals surface area (Å²) in [4.78, 5) is 18.6. The maximum Gasteiger partial charge on any atom is 0.252 e. The molecule has 3 aromatic rings. The lowest BCUT2D eigenvalue weighted by Gasteiger charge is -2.30. The lowest BCUT2D eigenvalue weighted by Crippen LogP contribution is -2.42. The number of aryl methyl sites for hydroxylation is 1. The van der Waals surface area contributed by atoms with Crippen LogP contribution in [0.2, 0.25) is 0 Å². The number of thiazole rings is 1. The molecule has 1 saturated heterocycles. The number of carbonyl (C=O) groups is 1. The molecule has 1 atom stereocenters. The van der Waals surface area contributed by atoms with Gasteiger partial charge in [-0.15, -0.1) is 0 Å². The molecular formula is C24H29N3O5S3. The largest absolute Gasteiger partial charge is 0.497 e. The van der Waals surface area contributed by atoms with Crippen LogP contribution < -0.4 is 14.3 Å². The lowest BCUT2D eigenvalue weighted by molar-refractivity contribution is -0.122. The average molecular weight is 536 g/mol. The first kappa shape index (κ1) is 25.7. The second kappa shape index (κ2) is 11.2. The molecule has 11 heteroatoms. The molecule has 35 heavy (non-hydrogen) atoms. The topological polar surface area (TPSA) is 90.2 Å². The number of methoxy groups -OCH3 is 2. The molecule has 0 bridgehead atoms. The van der Waals surface area contributed by atoms with Crippen LogP contribution in [0, 0.1) is 5.92 Å². The van der Waals surface area contributed by atoms with Gasteiger partial charge >= 0.3 is 0 Å². The van der Waals surface area contributed by atoms with Gasteiger partial charge in [-0.25, -0.2) is 8.42 Å². The van der Waals surface area contributed by atoms with E-state index in [-0.39, 0.29) is 17.3 Å². The number of nitrogens with zero attached hydrogens (tertiary/aromatic N) is 3. The van der Waals surface area contributed by atoms with Gasteiger partial charge in [0.2, 0.25) is 10.0 Å². The fraction of sp³-hybridized carbons (Fsp3) is 0.417. The molecule has 4 rings (SSSR count). The standard InChI is InChI=1S/C24H29N3O5S3/c1-31-18-6-9-20(10-7-18)35(29,30)26-12-4-5-17(16-26)23(28)25-24-27(13-14-33-3)21-11-8-19(32-2)15-22(21)34-24/h6-11,15,17H,4-5,12-14,16H2,1-3H3. The van der Waals surface area contributed by atoms with Crippen molar-refractivity contribution in [2.45, 2.75) is 24.3 Å². The number of aromatic nitrogens is 1. The second-order valence-corrected chi connectivity index (χ2v) is 12.1. The van der Waals surface area contributed by atoms with Gasteiger partial charge in [0, 0.05) is 25.4 Å². The van der Waals surface area contributed by atoms with Crippen molar-refractivity contribution >= 4 is 49.2 Å². The first-order chi connectivity index (χ1) is 16.9. The van der Waals surface area contributed by atoms with Crippen molar-refractivity contribution < 1.29 is 22.7 Å². The van der Waals surface area contributed by atoms with Gasteiger partial charge < -0.3 is 14.0 Å². The molecule has 0 N–H and O–H groups in total. The van der Waals surface area contributed by atoms with Crippen LogP contribution in [0.3, 0.4) is 0 Å². The van der Waals surface area contributed by atoms with Crippen molar-refractivity contribution in [2.24, 2.45) is 10.9 Å². The highest BCUT2D eigenvalue weighted by molar-refractivity contribution is 7.98. The second-order valence-electron chi connectivity index (χ2n) is 8.19. The van der Waals surface area contributed by atoms with Gasteiger partial charge in [-0.1, -0.05) is 11.3 Å². The van der Waals surface area contributed by atoms with E-state index < -0.39 is 15.9 Å². The molecule has 1 fully saturated rings. The fourth-order valence-electron chi connectivity index (χ4n) is 4.11. The number of piperidine rings is 1. The molecule has 1 aliphatic rings. The molecule has 1 aromatic heterocycles. The number of benzene rings is 2. The van der Waals surface area contributed by atoms with Crippen LogP contribution in [0.4, 0.5) is 0 Å². The van der Waals surface area contributed by atoms with Crippen LogP contribution in [0.5, 0.6) is 11.5 Å². The van der Waals surface area contributed by atoms with Gasteiger partial charge in [-0.05, 0) is 61.6 Å². The molecule has 1 aliphatic heterocycles. The van der Waals surface area contributed by atoms with Gasteiger partial charge in [-0.3, -0.25) is 4.79 Å². The first-order valence-electron chi connectivity index (χ1n) is 11.3. The summed E-state index contributed by atoms with van der Waals surface area (Å²) in [5.41, 5.74) is 1.00. The smallest absolute Gasteiger partial charge is 0.252 e. The number of rotatable bonds is 8. The van der Waals surface area contributed by atoms with Crippen LogP contribution in [0.25, 0.3) is 10.2 Å². The van der Waals surface area contributed by atoms with Gasteiger partial charge in [0.1, 0.15) is 11.5 Å². The van der Waals surface area contributed by atoms with Crippen LogP contribution in [-0.2, 0) is 21.4 Å². The minimum Gasteiger partial charge on any atom is -0.497 e. The zero-order valence-corrected chi connectivity index (χ0v) is 22.4. The van der Waals surface area contributed by atoms with Crippen LogP contribution in [0.1, 0.15) is 12.8 Å². The highest BCUT2D eigenvalue weighted by Crippen LogP contribution is 2.27. The van der Waals surface area contributed by atoms with Crippen molar-refractivity contribution in [3.63, 3.8) is 0 Å². The molecule has 0 spiro atoms. The van der Waals surface area contributed by atoms with Gasteiger partial charge in [0.15, 0.2) is 4.80 Å². The SMILES string of the molecule is COc1ccc(S(=O)(=O)N2CCCC(C(=O)N=c3sc4cc(OC)ccc4n3CCSC)C2)cc1. The van der Waals surface area contributed by atoms with Crippen LogP contribution in [-0.4, -0.2) is 62.5 Å². The summed E-state index contributed by atoms with van der Waals surface area (Å²) in [6, 6.07) is 12.1. The minimum absolute atomic E-state index is 0.125. The molecule has 1 unspecified atom stereocenters. The Hall–Kier alpha value is -2.34. The first-order valence-corrected chi connectivity index (χ1v) is 14.9. The summed E-state index contributed by atoms with van der Waals surface area (Å²) in [6.07, 6.45) is 3.26. The third-order valence-corrected chi connectivity index (χ3v) is 9.56. The maximum atomic E-state index is 13.2. The lowest BCUT2D eigenvalue weighted by atomic mass is 9.99. The Labute approximate surface area is 213 Å². The van der Waals surface area contributed by atoms with E-state index in [1.165, 1.54) is 34.9 Å². The zero-order valence-electron chi connectivity index (χ0n) is 20.0. The van der Waals surface area contributed by atoms with Gasteiger partial charge in [-0.2, -0.15) is 21.1 Å². The molecule has 0 aliphatic carbocycles. The highest BCUT2D eigenvalue weighted by Gasteiger charge is 2.33. The number of fused-ring (bicyclic) bond motifs is 1. The van der Waals surface area contributed by atoms with E-state index in [0.717, 1.165) is 28.3 Å².